The average Bonchev–Trinajstić information content (AvgIpc) is 3.19. The van der Waals surface area contributed by atoms with Crippen LogP contribution < -0.4 is 14.8 Å². The third-order valence-electron chi connectivity index (χ3n) is 4.19. The Labute approximate surface area is 174 Å². The summed E-state index contributed by atoms with van der Waals surface area (Å²) in [4.78, 5) is 12.5. The highest BCUT2D eigenvalue weighted by Gasteiger charge is 2.42. The van der Waals surface area contributed by atoms with Crippen molar-refractivity contribution in [3.8, 4) is 17.2 Å². The van der Waals surface area contributed by atoms with Crippen LogP contribution in [0.25, 0.3) is 5.69 Å². The highest BCUT2D eigenvalue weighted by atomic mass is 19.4. The third-order valence-corrected chi connectivity index (χ3v) is 4.19. The molecule has 11 heteroatoms. The molecular weight excluding hydrogens is 420 g/mol. The molecule has 0 aliphatic rings. The van der Waals surface area contributed by atoms with Crippen molar-refractivity contribution in [3.05, 3.63) is 65.2 Å². The molecule has 0 aliphatic carbocycles. The zero-order valence-corrected chi connectivity index (χ0v) is 16.5. The van der Waals surface area contributed by atoms with Gasteiger partial charge in [0.05, 0.1) is 19.4 Å². The number of hydrogen-bond acceptors (Lipinski definition) is 5. The minimum absolute atomic E-state index is 0.0915. The second-order valence-electron chi connectivity index (χ2n) is 6.28. The Morgan fingerprint density at radius 2 is 1.94 bits per heavy atom. The first-order valence-electron chi connectivity index (χ1n) is 9.11. The molecule has 1 heterocycles. The molecule has 164 valence electrons. The van der Waals surface area contributed by atoms with Gasteiger partial charge in [0.15, 0.2) is 22.9 Å². The molecule has 0 radical (unpaired) electrons. The molecule has 1 N–H and O–H groups in total. The van der Waals surface area contributed by atoms with Crippen LogP contribution in [0.3, 0.4) is 0 Å². The Balaban J connectivity index is 1.85. The fourth-order valence-corrected chi connectivity index (χ4v) is 2.84. The monoisotopic (exact) mass is 438 g/mol. The van der Waals surface area contributed by atoms with E-state index in [1.165, 1.54) is 19.2 Å². The molecule has 3 aromatic rings. The molecule has 3 rings (SSSR count). The lowest BCUT2D eigenvalue weighted by Gasteiger charge is -2.12. The van der Waals surface area contributed by atoms with Crippen molar-refractivity contribution in [2.75, 3.05) is 13.7 Å². The summed E-state index contributed by atoms with van der Waals surface area (Å²) in [5.74, 6) is -0.918. The first-order chi connectivity index (χ1) is 14.7. The molecule has 1 amide bonds. The van der Waals surface area contributed by atoms with Crippen LogP contribution in [0, 0.1) is 5.82 Å². The summed E-state index contributed by atoms with van der Waals surface area (Å²) in [5, 5.41) is 9.18. The van der Waals surface area contributed by atoms with E-state index in [9.17, 15) is 22.4 Å². The van der Waals surface area contributed by atoms with Gasteiger partial charge in [-0.15, -0.1) is 5.10 Å². The molecule has 31 heavy (non-hydrogen) atoms. The maximum atomic E-state index is 13.7. The first-order valence-corrected chi connectivity index (χ1v) is 9.11. The second-order valence-corrected chi connectivity index (χ2v) is 6.28. The van der Waals surface area contributed by atoms with Crippen molar-refractivity contribution in [2.45, 2.75) is 19.6 Å². The van der Waals surface area contributed by atoms with Crippen LogP contribution >= 0.6 is 0 Å². The summed E-state index contributed by atoms with van der Waals surface area (Å²) in [6, 6.07) is 9.25. The average molecular weight is 438 g/mol. The third kappa shape index (κ3) is 4.93. The molecule has 0 bridgehead atoms. The summed E-state index contributed by atoms with van der Waals surface area (Å²) < 4.78 is 65.4. The Morgan fingerprint density at radius 1 is 1.16 bits per heavy atom. The van der Waals surface area contributed by atoms with Gasteiger partial charge in [-0.3, -0.25) is 4.79 Å². The van der Waals surface area contributed by atoms with E-state index in [2.05, 4.69) is 15.6 Å². The van der Waals surface area contributed by atoms with Crippen LogP contribution in [0.2, 0.25) is 0 Å². The smallest absolute Gasteiger partial charge is 0.435 e. The molecule has 0 saturated carbocycles. The van der Waals surface area contributed by atoms with Gasteiger partial charge in [0, 0.05) is 6.54 Å². The molecule has 1 aromatic heterocycles. The number of rotatable bonds is 7. The van der Waals surface area contributed by atoms with Gasteiger partial charge in [-0.25, -0.2) is 9.07 Å². The predicted molar refractivity (Wildman–Crippen MR) is 102 cm³/mol. The van der Waals surface area contributed by atoms with E-state index in [-0.39, 0.29) is 12.2 Å². The number of alkyl halides is 3. The Bertz CT molecular complexity index is 1080. The number of aromatic nitrogens is 3. The minimum atomic E-state index is -4.95. The SMILES string of the molecule is CCOc1ccc(CNC(=O)c2nnn(-c3cccc(F)c3)c2C(F)(F)F)cc1OC. The lowest BCUT2D eigenvalue weighted by atomic mass is 10.2. The zero-order valence-electron chi connectivity index (χ0n) is 16.5. The quantitative estimate of drug-likeness (QED) is 0.569. The van der Waals surface area contributed by atoms with Crippen LogP contribution in [0.1, 0.15) is 28.7 Å². The van der Waals surface area contributed by atoms with Gasteiger partial charge in [-0.05, 0) is 42.8 Å². The summed E-state index contributed by atoms with van der Waals surface area (Å²) >= 11 is 0. The molecule has 7 nitrogen and oxygen atoms in total. The van der Waals surface area contributed by atoms with Crippen molar-refractivity contribution in [1.29, 1.82) is 0 Å². The fourth-order valence-electron chi connectivity index (χ4n) is 2.84. The van der Waals surface area contributed by atoms with Crippen LogP contribution in [-0.2, 0) is 12.7 Å². The number of carbonyl (C=O) groups is 1. The van der Waals surface area contributed by atoms with Crippen molar-refractivity contribution in [2.24, 2.45) is 0 Å². The standard InChI is InChI=1S/C20H18F4N4O3/c1-3-31-15-8-7-12(9-16(15)30-2)11-25-19(29)17-18(20(22,23)24)28(27-26-17)14-6-4-5-13(21)10-14/h4-10H,3,11H2,1-2H3,(H,25,29). The van der Waals surface area contributed by atoms with E-state index >= 15 is 0 Å². The Kier molecular flexibility index (Phi) is 6.42. The summed E-state index contributed by atoms with van der Waals surface area (Å²) in [7, 11) is 1.44. The largest absolute Gasteiger partial charge is 0.493 e. The van der Waals surface area contributed by atoms with E-state index in [1.807, 2.05) is 6.92 Å². The number of nitrogens with zero attached hydrogens (tertiary/aromatic N) is 3. The molecule has 2 aromatic carbocycles. The number of hydrogen-bond donors (Lipinski definition) is 1. The number of nitrogens with one attached hydrogen (secondary N) is 1. The van der Waals surface area contributed by atoms with Gasteiger partial charge < -0.3 is 14.8 Å². The van der Waals surface area contributed by atoms with E-state index in [4.69, 9.17) is 9.47 Å². The van der Waals surface area contributed by atoms with Crippen molar-refractivity contribution < 1.29 is 31.8 Å². The number of amides is 1. The molecule has 0 aliphatic heterocycles. The molecule has 0 atom stereocenters. The van der Waals surface area contributed by atoms with Crippen LogP contribution in [0.4, 0.5) is 17.6 Å². The fraction of sp³-hybridized carbons (Fsp3) is 0.250. The maximum absolute atomic E-state index is 13.7. The van der Waals surface area contributed by atoms with Gasteiger partial charge >= 0.3 is 6.18 Å². The highest BCUT2D eigenvalue weighted by molar-refractivity contribution is 5.93. The normalized spacial score (nSPS) is 11.3. The van der Waals surface area contributed by atoms with Gasteiger partial charge in [-0.1, -0.05) is 17.3 Å². The van der Waals surface area contributed by atoms with Crippen molar-refractivity contribution in [3.63, 3.8) is 0 Å². The predicted octanol–water partition coefficient (Wildman–Crippen LogP) is 3.76. The van der Waals surface area contributed by atoms with E-state index in [0.29, 0.717) is 28.4 Å². The Morgan fingerprint density at radius 3 is 2.58 bits per heavy atom. The Hall–Kier alpha value is -3.63. The molecule has 0 unspecified atom stereocenters. The number of benzene rings is 2. The number of methoxy groups -OCH3 is 1. The van der Waals surface area contributed by atoms with Crippen molar-refractivity contribution in [1.82, 2.24) is 20.3 Å². The van der Waals surface area contributed by atoms with Gasteiger partial charge in [0.1, 0.15) is 5.82 Å². The number of carbonyl (C=O) groups excluding carboxylic acids is 1. The zero-order chi connectivity index (χ0) is 22.6. The lowest BCUT2D eigenvalue weighted by molar-refractivity contribution is -0.143. The molecule has 0 spiro atoms. The van der Waals surface area contributed by atoms with Crippen LogP contribution in [0.15, 0.2) is 42.5 Å². The van der Waals surface area contributed by atoms with E-state index in [0.717, 1.165) is 12.1 Å². The lowest BCUT2D eigenvalue weighted by Crippen LogP contribution is -2.27. The van der Waals surface area contributed by atoms with Gasteiger partial charge in [0.2, 0.25) is 0 Å². The van der Waals surface area contributed by atoms with E-state index in [1.54, 1.807) is 18.2 Å². The van der Waals surface area contributed by atoms with Gasteiger partial charge in [-0.2, -0.15) is 13.2 Å². The highest BCUT2D eigenvalue weighted by Crippen LogP contribution is 2.33. The summed E-state index contributed by atoms with van der Waals surface area (Å²) in [6.07, 6.45) is -4.95. The summed E-state index contributed by atoms with van der Waals surface area (Å²) in [6.45, 7) is 2.14. The topological polar surface area (TPSA) is 78.3 Å². The van der Waals surface area contributed by atoms with Crippen LogP contribution in [0.5, 0.6) is 11.5 Å². The second kappa shape index (κ2) is 9.02. The summed E-state index contributed by atoms with van der Waals surface area (Å²) in [5.41, 5.74) is -1.97. The minimum Gasteiger partial charge on any atom is -0.493 e. The number of halogens is 4. The van der Waals surface area contributed by atoms with Gasteiger partial charge in [0.25, 0.3) is 5.91 Å². The van der Waals surface area contributed by atoms with E-state index < -0.39 is 29.3 Å². The van der Waals surface area contributed by atoms with Crippen molar-refractivity contribution >= 4 is 5.91 Å². The maximum Gasteiger partial charge on any atom is 0.435 e. The molecule has 0 saturated heterocycles. The number of ether oxygens (including phenoxy) is 2. The molecule has 0 fully saturated rings. The first kappa shape index (κ1) is 22.1. The van der Waals surface area contributed by atoms with Crippen LogP contribution in [-0.4, -0.2) is 34.6 Å². The molecular formula is C20H18F4N4O3.